The molecule has 1 aliphatic heterocycles. The standard InChI is InChI=1S/C14H18ClFN2O2.ClH/c1-8(9-2-4-12(16)11(15)6-9)18-14(19)13-5-3-10(7-17)20-13;/h2,4,6,8,10,13H,3,5,7,17H2,1H3,(H,18,19);1H/t8?,10-,13+;/m1./s1. The van der Waals surface area contributed by atoms with Crippen LogP contribution in [0.4, 0.5) is 4.39 Å². The summed E-state index contributed by atoms with van der Waals surface area (Å²) < 4.78 is 18.6. The topological polar surface area (TPSA) is 64.4 Å². The Balaban J connectivity index is 0.00000220. The molecular weight excluding hydrogens is 318 g/mol. The molecule has 1 aromatic rings. The molecule has 2 rings (SSSR count). The van der Waals surface area contributed by atoms with Crippen LogP contribution >= 0.6 is 24.0 Å². The summed E-state index contributed by atoms with van der Waals surface area (Å²) in [5, 5.41) is 2.89. The molecule has 3 N–H and O–H groups in total. The lowest BCUT2D eigenvalue weighted by molar-refractivity contribution is -0.132. The summed E-state index contributed by atoms with van der Waals surface area (Å²) in [6.45, 7) is 2.24. The van der Waals surface area contributed by atoms with E-state index in [-0.39, 0.29) is 35.5 Å². The zero-order valence-electron chi connectivity index (χ0n) is 11.6. The van der Waals surface area contributed by atoms with E-state index in [9.17, 15) is 9.18 Å². The maximum Gasteiger partial charge on any atom is 0.249 e. The molecule has 1 aliphatic rings. The number of hydrogen-bond acceptors (Lipinski definition) is 3. The Kier molecular flexibility index (Phi) is 6.87. The lowest BCUT2D eigenvalue weighted by Gasteiger charge is -2.18. The Morgan fingerprint density at radius 2 is 2.29 bits per heavy atom. The first-order valence-electron chi connectivity index (χ1n) is 6.62. The summed E-state index contributed by atoms with van der Waals surface area (Å²) in [5.74, 6) is -0.646. The van der Waals surface area contributed by atoms with E-state index < -0.39 is 11.9 Å². The van der Waals surface area contributed by atoms with Crippen LogP contribution in [0.25, 0.3) is 0 Å². The SMILES string of the molecule is CC(NC(=O)[C@@H]1CC[C@H](CN)O1)c1ccc(F)c(Cl)c1.Cl. The molecule has 1 saturated heterocycles. The lowest BCUT2D eigenvalue weighted by atomic mass is 10.1. The van der Waals surface area contributed by atoms with Gasteiger partial charge in [-0.15, -0.1) is 12.4 Å². The van der Waals surface area contributed by atoms with E-state index in [2.05, 4.69) is 5.32 Å². The summed E-state index contributed by atoms with van der Waals surface area (Å²) >= 11 is 5.73. The van der Waals surface area contributed by atoms with Crippen molar-refractivity contribution in [1.29, 1.82) is 0 Å². The molecule has 0 bridgehead atoms. The molecule has 0 radical (unpaired) electrons. The number of nitrogens with two attached hydrogens (primary N) is 1. The largest absolute Gasteiger partial charge is 0.364 e. The van der Waals surface area contributed by atoms with Crippen molar-refractivity contribution in [3.63, 3.8) is 0 Å². The maximum absolute atomic E-state index is 13.1. The Morgan fingerprint density at radius 3 is 2.86 bits per heavy atom. The van der Waals surface area contributed by atoms with Crippen LogP contribution in [-0.2, 0) is 9.53 Å². The summed E-state index contributed by atoms with van der Waals surface area (Å²) in [7, 11) is 0. The van der Waals surface area contributed by atoms with E-state index in [4.69, 9.17) is 22.1 Å². The molecular formula is C14H19Cl2FN2O2. The number of nitrogens with one attached hydrogen (secondary N) is 1. The number of ether oxygens (including phenoxy) is 1. The van der Waals surface area contributed by atoms with Gasteiger partial charge in [0.25, 0.3) is 0 Å². The fourth-order valence-corrected chi connectivity index (χ4v) is 2.43. The minimum atomic E-state index is -0.473. The van der Waals surface area contributed by atoms with E-state index in [1.165, 1.54) is 12.1 Å². The molecule has 1 amide bonds. The van der Waals surface area contributed by atoms with Crippen molar-refractivity contribution >= 4 is 29.9 Å². The van der Waals surface area contributed by atoms with Crippen LogP contribution in [0.2, 0.25) is 5.02 Å². The van der Waals surface area contributed by atoms with Crippen LogP contribution in [-0.4, -0.2) is 24.7 Å². The van der Waals surface area contributed by atoms with Gasteiger partial charge in [0, 0.05) is 6.54 Å². The molecule has 21 heavy (non-hydrogen) atoms. The number of benzene rings is 1. The van der Waals surface area contributed by atoms with E-state index in [1.54, 1.807) is 6.07 Å². The molecule has 7 heteroatoms. The van der Waals surface area contributed by atoms with Gasteiger partial charge in [-0.1, -0.05) is 17.7 Å². The smallest absolute Gasteiger partial charge is 0.249 e. The molecule has 4 nitrogen and oxygen atoms in total. The van der Waals surface area contributed by atoms with Crippen LogP contribution in [0.15, 0.2) is 18.2 Å². The Bertz CT molecular complexity index is 502. The van der Waals surface area contributed by atoms with Crippen LogP contribution in [0.5, 0.6) is 0 Å². The molecule has 1 heterocycles. The second-order valence-electron chi connectivity index (χ2n) is 4.96. The van der Waals surface area contributed by atoms with Crippen molar-refractivity contribution in [3.8, 4) is 0 Å². The van der Waals surface area contributed by atoms with E-state index >= 15 is 0 Å². The van der Waals surface area contributed by atoms with Crippen molar-refractivity contribution in [2.24, 2.45) is 5.73 Å². The number of amides is 1. The molecule has 1 fully saturated rings. The average molecular weight is 337 g/mol. The van der Waals surface area contributed by atoms with Gasteiger partial charge in [-0.05, 0) is 37.5 Å². The normalized spacial score (nSPS) is 22.5. The first-order valence-corrected chi connectivity index (χ1v) is 7.00. The monoisotopic (exact) mass is 336 g/mol. The van der Waals surface area contributed by atoms with Gasteiger partial charge in [-0.3, -0.25) is 4.79 Å². The van der Waals surface area contributed by atoms with E-state index in [0.717, 1.165) is 12.0 Å². The number of rotatable bonds is 4. The van der Waals surface area contributed by atoms with Crippen molar-refractivity contribution < 1.29 is 13.9 Å². The van der Waals surface area contributed by atoms with Gasteiger partial charge in [-0.2, -0.15) is 0 Å². The van der Waals surface area contributed by atoms with Gasteiger partial charge >= 0.3 is 0 Å². The van der Waals surface area contributed by atoms with Crippen molar-refractivity contribution in [2.45, 2.75) is 38.0 Å². The third-order valence-corrected chi connectivity index (χ3v) is 3.75. The predicted octanol–water partition coefficient (Wildman–Crippen LogP) is 2.58. The van der Waals surface area contributed by atoms with Crippen molar-refractivity contribution in [1.82, 2.24) is 5.32 Å². The van der Waals surface area contributed by atoms with Crippen molar-refractivity contribution in [3.05, 3.63) is 34.6 Å². The zero-order valence-corrected chi connectivity index (χ0v) is 13.2. The molecule has 1 unspecified atom stereocenters. The second kappa shape index (κ2) is 7.94. The molecule has 1 aromatic carbocycles. The van der Waals surface area contributed by atoms with Crippen LogP contribution in [0, 0.1) is 5.82 Å². The van der Waals surface area contributed by atoms with Gasteiger partial charge in [0.05, 0.1) is 17.2 Å². The summed E-state index contributed by atoms with van der Waals surface area (Å²) in [6.07, 6.45) is 0.971. The molecule has 0 saturated carbocycles. The molecule has 3 atom stereocenters. The molecule has 0 aliphatic carbocycles. The highest BCUT2D eigenvalue weighted by molar-refractivity contribution is 6.30. The van der Waals surface area contributed by atoms with Crippen LogP contribution < -0.4 is 11.1 Å². The first kappa shape index (κ1) is 18.2. The predicted molar refractivity (Wildman–Crippen MR) is 82.2 cm³/mol. The maximum atomic E-state index is 13.1. The number of carbonyl (C=O) groups is 1. The molecule has 0 spiro atoms. The van der Waals surface area contributed by atoms with Gasteiger partial charge in [0.2, 0.25) is 5.91 Å². The van der Waals surface area contributed by atoms with Gasteiger partial charge in [0.1, 0.15) is 11.9 Å². The van der Waals surface area contributed by atoms with Crippen LogP contribution in [0.1, 0.15) is 31.4 Å². The highest BCUT2D eigenvalue weighted by Gasteiger charge is 2.30. The number of carbonyl (C=O) groups excluding carboxylic acids is 1. The fourth-order valence-electron chi connectivity index (χ4n) is 2.24. The van der Waals surface area contributed by atoms with Crippen molar-refractivity contribution in [2.75, 3.05) is 6.54 Å². The minimum Gasteiger partial charge on any atom is -0.364 e. The average Bonchev–Trinajstić information content (AvgIpc) is 2.90. The van der Waals surface area contributed by atoms with Gasteiger partial charge in [0.15, 0.2) is 0 Å². The van der Waals surface area contributed by atoms with E-state index in [0.29, 0.717) is 13.0 Å². The van der Waals surface area contributed by atoms with Crippen LogP contribution in [0.3, 0.4) is 0 Å². The third kappa shape index (κ3) is 4.54. The zero-order chi connectivity index (χ0) is 14.7. The highest BCUT2D eigenvalue weighted by atomic mass is 35.5. The Morgan fingerprint density at radius 1 is 1.57 bits per heavy atom. The Hall–Kier alpha value is -0.880. The summed E-state index contributed by atoms with van der Waals surface area (Å²) in [6, 6.07) is 4.14. The molecule has 118 valence electrons. The quantitative estimate of drug-likeness (QED) is 0.888. The number of halogens is 3. The second-order valence-corrected chi connectivity index (χ2v) is 5.37. The fraction of sp³-hybridized carbons (Fsp3) is 0.500. The first-order chi connectivity index (χ1) is 9.51. The highest BCUT2D eigenvalue weighted by Crippen LogP contribution is 2.23. The van der Waals surface area contributed by atoms with Gasteiger partial charge < -0.3 is 15.8 Å². The Labute approximate surface area is 134 Å². The summed E-state index contributed by atoms with van der Waals surface area (Å²) in [4.78, 5) is 12.1. The number of hydrogen-bond donors (Lipinski definition) is 2. The molecule has 0 aromatic heterocycles. The van der Waals surface area contributed by atoms with E-state index in [1.807, 2.05) is 6.92 Å². The lowest BCUT2D eigenvalue weighted by Crippen LogP contribution is -2.37. The summed E-state index contributed by atoms with van der Waals surface area (Å²) in [5.41, 5.74) is 6.26. The minimum absolute atomic E-state index is 0. The van der Waals surface area contributed by atoms with Gasteiger partial charge in [-0.25, -0.2) is 4.39 Å². The third-order valence-electron chi connectivity index (χ3n) is 3.47.